The summed E-state index contributed by atoms with van der Waals surface area (Å²) in [5.74, 6) is 1.80. The van der Waals surface area contributed by atoms with Crippen LogP contribution in [0.5, 0.6) is 5.75 Å². The molecule has 1 atom stereocenters. The van der Waals surface area contributed by atoms with E-state index in [9.17, 15) is 4.79 Å². The highest BCUT2D eigenvalue weighted by molar-refractivity contribution is 5.77. The summed E-state index contributed by atoms with van der Waals surface area (Å²) in [5.41, 5.74) is 1.98. The van der Waals surface area contributed by atoms with E-state index >= 15 is 0 Å². The minimum Gasteiger partial charge on any atom is -0.497 e. The first-order valence-corrected chi connectivity index (χ1v) is 10.1. The molecule has 0 saturated carbocycles. The number of methoxy groups -OCH3 is 1. The fourth-order valence-electron chi connectivity index (χ4n) is 3.77. The van der Waals surface area contributed by atoms with Gasteiger partial charge in [0.1, 0.15) is 5.75 Å². The number of carbonyl (C=O) groups excluding carboxylic acids is 1. The van der Waals surface area contributed by atoms with E-state index in [1.807, 2.05) is 47.4 Å². The molecule has 1 saturated heterocycles. The molecular formula is C23H26N4O3. The molecule has 4 rings (SSSR count). The van der Waals surface area contributed by atoms with Crippen LogP contribution in [0.4, 0.5) is 0 Å². The molecule has 0 bridgehead atoms. The molecule has 1 fully saturated rings. The molecular weight excluding hydrogens is 380 g/mol. The Hall–Kier alpha value is -3.19. The van der Waals surface area contributed by atoms with Gasteiger partial charge in [0.25, 0.3) is 0 Å². The number of aryl methyl sites for hydroxylation is 1. The number of benzene rings is 2. The van der Waals surface area contributed by atoms with E-state index in [0.29, 0.717) is 31.1 Å². The van der Waals surface area contributed by atoms with Gasteiger partial charge in [0.2, 0.25) is 17.6 Å². The third-order valence-corrected chi connectivity index (χ3v) is 5.44. The van der Waals surface area contributed by atoms with Crippen molar-refractivity contribution in [2.24, 2.45) is 0 Å². The summed E-state index contributed by atoms with van der Waals surface area (Å²) in [5, 5.41) is 4.05. The first-order valence-electron chi connectivity index (χ1n) is 10.1. The van der Waals surface area contributed by atoms with Crippen LogP contribution in [-0.4, -0.2) is 59.6 Å². The highest BCUT2D eigenvalue weighted by Gasteiger charge is 2.30. The van der Waals surface area contributed by atoms with Gasteiger partial charge >= 0.3 is 0 Å². The Labute approximate surface area is 176 Å². The molecule has 30 heavy (non-hydrogen) atoms. The molecule has 7 nitrogen and oxygen atoms in total. The third-order valence-electron chi connectivity index (χ3n) is 5.44. The Balaban J connectivity index is 1.42. The maximum absolute atomic E-state index is 13.0. The van der Waals surface area contributed by atoms with Crippen LogP contribution in [0.3, 0.4) is 0 Å². The van der Waals surface area contributed by atoms with E-state index in [-0.39, 0.29) is 11.9 Å². The maximum atomic E-state index is 13.0. The van der Waals surface area contributed by atoms with Crippen LogP contribution >= 0.6 is 0 Å². The highest BCUT2D eigenvalue weighted by atomic mass is 16.5. The molecule has 0 spiro atoms. The molecule has 1 aliphatic rings. The molecule has 1 aromatic heterocycles. The van der Waals surface area contributed by atoms with E-state index in [4.69, 9.17) is 9.26 Å². The van der Waals surface area contributed by atoms with Crippen LogP contribution in [0.1, 0.15) is 23.9 Å². The van der Waals surface area contributed by atoms with Crippen molar-refractivity contribution in [1.29, 1.82) is 0 Å². The first-order chi connectivity index (χ1) is 14.6. The second kappa shape index (κ2) is 9.09. The molecule has 0 N–H and O–H groups in total. The second-order valence-corrected chi connectivity index (χ2v) is 7.52. The van der Waals surface area contributed by atoms with E-state index in [1.165, 1.54) is 0 Å². The monoisotopic (exact) mass is 406 g/mol. The number of nitrogens with zero attached hydrogens (tertiary/aromatic N) is 4. The lowest BCUT2D eigenvalue weighted by atomic mass is 10.0. The standard InChI is InChI=1S/C23H26N4O3/c1-26-13-14-27(20(16-26)17-7-4-3-5-8-17)22(28)12-11-21-24-23(25-30-21)18-9-6-10-19(15-18)29-2/h3-10,15,20H,11-14,16H2,1-2H3/t20-/m1/s1. The van der Waals surface area contributed by atoms with Gasteiger partial charge in [0.15, 0.2) is 0 Å². The van der Waals surface area contributed by atoms with Gasteiger partial charge in [-0.2, -0.15) is 4.98 Å². The summed E-state index contributed by atoms with van der Waals surface area (Å²) in [4.78, 5) is 21.7. The average Bonchev–Trinajstić information content (AvgIpc) is 3.27. The lowest BCUT2D eigenvalue weighted by molar-refractivity contribution is -0.136. The topological polar surface area (TPSA) is 71.7 Å². The van der Waals surface area contributed by atoms with Crippen molar-refractivity contribution in [2.75, 3.05) is 33.8 Å². The molecule has 7 heteroatoms. The molecule has 2 aromatic carbocycles. The predicted molar refractivity (Wildman–Crippen MR) is 113 cm³/mol. The SMILES string of the molecule is COc1cccc(-c2noc(CCC(=O)N3CCN(C)C[C@@H]3c3ccccc3)n2)c1. The largest absolute Gasteiger partial charge is 0.497 e. The molecule has 0 unspecified atom stereocenters. The van der Waals surface area contributed by atoms with Crippen LogP contribution in [0, 0.1) is 0 Å². The maximum Gasteiger partial charge on any atom is 0.227 e. The second-order valence-electron chi connectivity index (χ2n) is 7.52. The number of hydrogen-bond donors (Lipinski definition) is 0. The van der Waals surface area contributed by atoms with Crippen LogP contribution < -0.4 is 4.74 Å². The molecule has 1 amide bonds. The summed E-state index contributed by atoms with van der Waals surface area (Å²) < 4.78 is 10.6. The van der Waals surface area contributed by atoms with Crippen molar-refractivity contribution >= 4 is 5.91 Å². The van der Waals surface area contributed by atoms with Crippen molar-refractivity contribution in [3.05, 3.63) is 66.1 Å². The van der Waals surface area contributed by atoms with Crippen molar-refractivity contribution < 1.29 is 14.1 Å². The fraction of sp³-hybridized carbons (Fsp3) is 0.348. The molecule has 2 heterocycles. The smallest absolute Gasteiger partial charge is 0.227 e. The molecule has 0 radical (unpaired) electrons. The zero-order valence-electron chi connectivity index (χ0n) is 17.3. The van der Waals surface area contributed by atoms with Gasteiger partial charge in [0.05, 0.1) is 13.2 Å². The third kappa shape index (κ3) is 4.52. The number of hydrogen-bond acceptors (Lipinski definition) is 6. The van der Waals surface area contributed by atoms with Crippen molar-refractivity contribution in [2.45, 2.75) is 18.9 Å². The van der Waals surface area contributed by atoms with Gasteiger partial charge in [-0.25, -0.2) is 0 Å². The van der Waals surface area contributed by atoms with Crippen LogP contribution in [-0.2, 0) is 11.2 Å². The minimum atomic E-state index is 0.0625. The van der Waals surface area contributed by atoms with Gasteiger partial charge in [0, 0.05) is 38.0 Å². The number of piperazine rings is 1. The molecule has 1 aliphatic heterocycles. The number of amides is 1. The Kier molecular flexibility index (Phi) is 6.09. The zero-order chi connectivity index (χ0) is 20.9. The molecule has 3 aromatic rings. The normalized spacial score (nSPS) is 17.1. The van der Waals surface area contributed by atoms with Crippen molar-refractivity contribution in [3.8, 4) is 17.1 Å². The number of rotatable bonds is 6. The Bertz CT molecular complexity index is 989. The average molecular weight is 406 g/mol. The van der Waals surface area contributed by atoms with E-state index < -0.39 is 0 Å². The lowest BCUT2D eigenvalue weighted by Gasteiger charge is -2.40. The summed E-state index contributed by atoms with van der Waals surface area (Å²) in [6.45, 7) is 2.42. The first kappa shape index (κ1) is 20.1. The van der Waals surface area contributed by atoms with E-state index in [2.05, 4.69) is 34.2 Å². The van der Waals surface area contributed by atoms with Crippen LogP contribution in [0.2, 0.25) is 0 Å². The van der Waals surface area contributed by atoms with Gasteiger partial charge in [-0.3, -0.25) is 4.79 Å². The summed E-state index contributed by atoms with van der Waals surface area (Å²) in [6, 6.07) is 17.8. The Morgan fingerprint density at radius 3 is 2.80 bits per heavy atom. The summed E-state index contributed by atoms with van der Waals surface area (Å²) in [6.07, 6.45) is 0.760. The van der Waals surface area contributed by atoms with Gasteiger partial charge < -0.3 is 19.1 Å². The predicted octanol–water partition coefficient (Wildman–Crippen LogP) is 3.19. The fourth-order valence-corrected chi connectivity index (χ4v) is 3.77. The van der Waals surface area contributed by atoms with Crippen molar-refractivity contribution in [1.82, 2.24) is 19.9 Å². The quantitative estimate of drug-likeness (QED) is 0.626. The van der Waals surface area contributed by atoms with E-state index in [1.54, 1.807) is 7.11 Å². The van der Waals surface area contributed by atoms with Crippen molar-refractivity contribution in [3.63, 3.8) is 0 Å². The van der Waals surface area contributed by atoms with Gasteiger partial charge in [-0.15, -0.1) is 0 Å². The minimum absolute atomic E-state index is 0.0625. The number of carbonyl (C=O) groups is 1. The van der Waals surface area contributed by atoms with E-state index in [0.717, 1.165) is 30.0 Å². The number of likely N-dealkylation sites (N-methyl/N-ethyl adjacent to an activating group) is 1. The van der Waals surface area contributed by atoms with Crippen LogP contribution in [0.15, 0.2) is 59.1 Å². The number of ether oxygens (including phenoxy) is 1. The zero-order valence-corrected chi connectivity index (χ0v) is 17.3. The summed E-state index contributed by atoms with van der Waals surface area (Å²) in [7, 11) is 3.71. The number of aromatic nitrogens is 2. The summed E-state index contributed by atoms with van der Waals surface area (Å²) >= 11 is 0. The molecule has 156 valence electrons. The van der Waals surface area contributed by atoms with Gasteiger partial charge in [-0.1, -0.05) is 47.6 Å². The lowest BCUT2D eigenvalue weighted by Crippen LogP contribution is -2.49. The Morgan fingerprint density at radius 1 is 1.17 bits per heavy atom. The highest BCUT2D eigenvalue weighted by Crippen LogP contribution is 2.26. The molecule has 0 aliphatic carbocycles. The Morgan fingerprint density at radius 2 is 2.00 bits per heavy atom. The van der Waals surface area contributed by atoms with Gasteiger partial charge in [-0.05, 0) is 24.7 Å². The van der Waals surface area contributed by atoms with Crippen LogP contribution in [0.25, 0.3) is 11.4 Å².